The van der Waals surface area contributed by atoms with Crippen molar-refractivity contribution in [3.05, 3.63) is 27.3 Å². The van der Waals surface area contributed by atoms with E-state index in [0.717, 1.165) is 27.9 Å². The maximum absolute atomic E-state index is 12.5. The van der Waals surface area contributed by atoms with Gasteiger partial charge in [-0.15, -0.1) is 0 Å². The summed E-state index contributed by atoms with van der Waals surface area (Å²) < 4.78 is 1.06. The molecular weight excluding hydrogens is 367 g/mol. The second kappa shape index (κ2) is 7.26. The zero-order valence-corrected chi connectivity index (χ0v) is 14.0. The average Bonchev–Trinajstić information content (AvgIpc) is 2.47. The molecule has 0 unspecified atom stereocenters. The van der Waals surface area contributed by atoms with Crippen LogP contribution in [0.15, 0.2) is 18.2 Å². The number of likely N-dealkylation sites (N-methyl/N-ethyl adjacent to an activating group) is 1. The number of aliphatic hydroxyl groups excluding tert-OH is 1. The van der Waals surface area contributed by atoms with E-state index in [1.165, 1.54) is 19.3 Å². The molecule has 1 saturated heterocycles. The highest BCUT2D eigenvalue weighted by molar-refractivity contribution is 14.1. The van der Waals surface area contributed by atoms with Crippen molar-refractivity contribution >= 4 is 34.2 Å². The van der Waals surface area contributed by atoms with Crippen molar-refractivity contribution in [1.29, 1.82) is 0 Å². The minimum atomic E-state index is -0.0156. The first-order valence-electron chi connectivity index (χ1n) is 7.04. The Morgan fingerprint density at radius 3 is 2.70 bits per heavy atom. The topological polar surface area (TPSA) is 43.8 Å². The van der Waals surface area contributed by atoms with Crippen LogP contribution in [-0.4, -0.2) is 49.2 Å². The van der Waals surface area contributed by atoms with Gasteiger partial charge in [0.2, 0.25) is 0 Å². The molecule has 0 saturated carbocycles. The summed E-state index contributed by atoms with van der Waals surface area (Å²) in [6.07, 6.45) is 3.65. The number of hydrogen-bond donors (Lipinski definition) is 1. The van der Waals surface area contributed by atoms with Crippen LogP contribution in [-0.2, 0) is 0 Å². The summed E-state index contributed by atoms with van der Waals surface area (Å²) in [5.41, 5.74) is 1.77. The molecule has 5 heteroatoms. The first kappa shape index (κ1) is 15.6. The van der Waals surface area contributed by atoms with E-state index in [-0.39, 0.29) is 12.5 Å². The lowest BCUT2D eigenvalue weighted by molar-refractivity contribution is 0.0767. The molecule has 0 aliphatic carbocycles. The van der Waals surface area contributed by atoms with Gasteiger partial charge in [-0.25, -0.2) is 0 Å². The third-order valence-corrected chi connectivity index (χ3v) is 4.34. The molecule has 20 heavy (non-hydrogen) atoms. The van der Waals surface area contributed by atoms with Crippen LogP contribution in [0.5, 0.6) is 0 Å². The fraction of sp³-hybridized carbons (Fsp3) is 0.533. The molecule has 1 aliphatic heterocycles. The number of piperidine rings is 1. The number of halogens is 1. The predicted octanol–water partition coefficient (Wildman–Crippen LogP) is 2.35. The van der Waals surface area contributed by atoms with Gasteiger partial charge < -0.3 is 14.9 Å². The molecule has 1 aliphatic rings. The van der Waals surface area contributed by atoms with Gasteiger partial charge in [0, 0.05) is 35.9 Å². The number of anilines is 1. The molecule has 110 valence electrons. The summed E-state index contributed by atoms with van der Waals surface area (Å²) in [5, 5.41) is 9.00. The van der Waals surface area contributed by atoms with Crippen LogP contribution in [0.4, 0.5) is 5.69 Å². The molecule has 0 bridgehead atoms. The Hall–Kier alpha value is -0.820. The molecule has 1 amide bonds. The molecule has 0 aromatic heterocycles. The monoisotopic (exact) mass is 388 g/mol. The van der Waals surface area contributed by atoms with Crippen molar-refractivity contribution < 1.29 is 9.90 Å². The van der Waals surface area contributed by atoms with Crippen molar-refractivity contribution in [2.24, 2.45) is 0 Å². The first-order valence-corrected chi connectivity index (χ1v) is 8.12. The zero-order chi connectivity index (χ0) is 14.5. The Bertz CT molecular complexity index is 473. The van der Waals surface area contributed by atoms with E-state index in [1.54, 1.807) is 11.9 Å². The van der Waals surface area contributed by atoms with Gasteiger partial charge in [-0.3, -0.25) is 4.79 Å². The number of carbonyl (C=O) groups is 1. The summed E-state index contributed by atoms with van der Waals surface area (Å²) in [7, 11) is 1.73. The second-order valence-electron chi connectivity index (χ2n) is 5.16. The molecule has 0 atom stereocenters. The summed E-state index contributed by atoms with van der Waals surface area (Å²) in [4.78, 5) is 16.4. The van der Waals surface area contributed by atoms with Gasteiger partial charge in [-0.1, -0.05) is 0 Å². The summed E-state index contributed by atoms with van der Waals surface area (Å²) in [6, 6.07) is 6.04. The van der Waals surface area contributed by atoms with Crippen LogP contribution in [0.1, 0.15) is 29.6 Å². The molecule has 1 heterocycles. The van der Waals surface area contributed by atoms with Gasteiger partial charge in [0.25, 0.3) is 5.91 Å². The Labute approximate surface area is 133 Å². The molecule has 4 nitrogen and oxygen atoms in total. The van der Waals surface area contributed by atoms with Crippen LogP contribution in [0.2, 0.25) is 0 Å². The summed E-state index contributed by atoms with van der Waals surface area (Å²) in [5.74, 6) is -0.0156. The lowest BCUT2D eigenvalue weighted by Crippen LogP contribution is -2.34. The predicted molar refractivity (Wildman–Crippen MR) is 89.3 cm³/mol. The molecule has 1 aromatic rings. The van der Waals surface area contributed by atoms with Gasteiger partial charge in [0.1, 0.15) is 0 Å². The Balaban J connectivity index is 2.29. The number of rotatable bonds is 4. The van der Waals surface area contributed by atoms with Crippen molar-refractivity contribution in [3.8, 4) is 0 Å². The fourth-order valence-corrected chi connectivity index (χ4v) is 3.04. The number of benzene rings is 1. The quantitative estimate of drug-likeness (QED) is 0.806. The van der Waals surface area contributed by atoms with Crippen LogP contribution in [0.25, 0.3) is 0 Å². The second-order valence-corrected chi connectivity index (χ2v) is 6.41. The number of carbonyl (C=O) groups excluding carboxylic acids is 1. The van der Waals surface area contributed by atoms with E-state index in [0.29, 0.717) is 6.54 Å². The number of amides is 1. The van der Waals surface area contributed by atoms with Crippen LogP contribution < -0.4 is 4.90 Å². The lowest BCUT2D eigenvalue weighted by Gasteiger charge is -2.31. The normalized spacial score (nSPS) is 15.2. The highest BCUT2D eigenvalue weighted by Crippen LogP contribution is 2.27. The van der Waals surface area contributed by atoms with E-state index in [9.17, 15) is 4.79 Å². The fourth-order valence-electron chi connectivity index (χ4n) is 2.55. The number of hydrogen-bond acceptors (Lipinski definition) is 3. The van der Waals surface area contributed by atoms with Gasteiger partial charge in [-0.05, 0) is 60.1 Å². The van der Waals surface area contributed by atoms with Gasteiger partial charge in [-0.2, -0.15) is 0 Å². The van der Waals surface area contributed by atoms with Crippen molar-refractivity contribution in [2.75, 3.05) is 38.2 Å². The Kier molecular flexibility index (Phi) is 5.65. The maximum atomic E-state index is 12.5. The summed E-state index contributed by atoms with van der Waals surface area (Å²) in [6.45, 7) is 2.39. The van der Waals surface area contributed by atoms with Crippen LogP contribution in [0, 0.1) is 3.57 Å². The van der Waals surface area contributed by atoms with E-state index in [4.69, 9.17) is 5.11 Å². The van der Waals surface area contributed by atoms with E-state index in [1.807, 2.05) is 18.2 Å². The highest BCUT2D eigenvalue weighted by atomic mass is 127. The zero-order valence-electron chi connectivity index (χ0n) is 11.8. The smallest absolute Gasteiger partial charge is 0.255 e. The van der Waals surface area contributed by atoms with Crippen molar-refractivity contribution in [2.45, 2.75) is 19.3 Å². The SMILES string of the molecule is CN(CCO)C(=O)c1cc(I)ccc1N1CCCCC1. The standard InChI is InChI=1S/C15H21IN2O2/c1-17(9-10-19)15(20)13-11-12(16)5-6-14(13)18-7-3-2-4-8-18/h5-6,11,19H,2-4,7-10H2,1H3. The number of aliphatic hydroxyl groups is 1. The van der Waals surface area contributed by atoms with Crippen LogP contribution in [0.3, 0.4) is 0 Å². The molecule has 0 spiro atoms. The first-order chi connectivity index (χ1) is 9.63. The van der Waals surface area contributed by atoms with Crippen molar-refractivity contribution in [3.63, 3.8) is 0 Å². The van der Waals surface area contributed by atoms with E-state index in [2.05, 4.69) is 27.5 Å². The van der Waals surface area contributed by atoms with Crippen molar-refractivity contribution in [1.82, 2.24) is 4.90 Å². The minimum Gasteiger partial charge on any atom is -0.395 e. The average molecular weight is 388 g/mol. The van der Waals surface area contributed by atoms with Gasteiger partial charge in [0.15, 0.2) is 0 Å². The lowest BCUT2D eigenvalue weighted by atomic mass is 10.1. The molecule has 0 radical (unpaired) electrons. The van der Waals surface area contributed by atoms with Crippen LogP contribution >= 0.6 is 22.6 Å². The van der Waals surface area contributed by atoms with E-state index < -0.39 is 0 Å². The maximum Gasteiger partial charge on any atom is 0.255 e. The highest BCUT2D eigenvalue weighted by Gasteiger charge is 2.21. The third kappa shape index (κ3) is 3.63. The summed E-state index contributed by atoms with van der Waals surface area (Å²) >= 11 is 2.23. The van der Waals surface area contributed by atoms with Gasteiger partial charge >= 0.3 is 0 Å². The number of nitrogens with zero attached hydrogens (tertiary/aromatic N) is 2. The molecule has 2 rings (SSSR count). The molecule has 1 aromatic carbocycles. The van der Waals surface area contributed by atoms with Gasteiger partial charge in [0.05, 0.1) is 12.2 Å². The Morgan fingerprint density at radius 1 is 1.35 bits per heavy atom. The molecule has 1 N–H and O–H groups in total. The largest absolute Gasteiger partial charge is 0.395 e. The molecular formula is C15H21IN2O2. The Morgan fingerprint density at radius 2 is 2.05 bits per heavy atom. The van der Waals surface area contributed by atoms with E-state index >= 15 is 0 Å². The minimum absolute atomic E-state index is 0.00872. The molecule has 1 fully saturated rings. The third-order valence-electron chi connectivity index (χ3n) is 3.67.